The Morgan fingerprint density at radius 1 is 0.667 bits per heavy atom. The Morgan fingerprint density at radius 2 is 1.24 bits per heavy atom. The van der Waals surface area contributed by atoms with E-state index in [-0.39, 0.29) is 11.2 Å². The minimum atomic E-state index is -0.403. The Kier molecular flexibility index (Phi) is 4.48. The second-order valence-electron chi connectivity index (χ2n) is 9.88. The van der Waals surface area contributed by atoms with Crippen molar-refractivity contribution in [1.82, 2.24) is 0 Å². The molecule has 1 saturated heterocycles. The number of anilines is 2. The summed E-state index contributed by atoms with van der Waals surface area (Å²) in [4.78, 5) is 0. The maximum atomic E-state index is 6.43. The molecule has 6 rings (SSSR count). The highest BCUT2D eigenvalue weighted by Crippen LogP contribution is 2.41. The molecule has 0 saturated carbocycles. The Labute approximate surface area is 199 Å². The lowest BCUT2D eigenvalue weighted by Crippen LogP contribution is -2.41. The van der Waals surface area contributed by atoms with Crippen molar-refractivity contribution in [3.05, 3.63) is 77.8 Å². The van der Waals surface area contributed by atoms with Crippen LogP contribution in [0.25, 0.3) is 32.3 Å². The average molecular weight is 454 g/mol. The van der Waals surface area contributed by atoms with E-state index in [9.17, 15) is 0 Å². The Hall–Kier alpha value is -2.79. The first-order valence-corrected chi connectivity index (χ1v) is 11.7. The summed E-state index contributed by atoms with van der Waals surface area (Å²) in [7, 11) is -0.403. The van der Waals surface area contributed by atoms with Crippen LogP contribution in [0.5, 0.6) is 0 Å². The van der Waals surface area contributed by atoms with E-state index in [0.29, 0.717) is 5.02 Å². The van der Waals surface area contributed by atoms with Crippen LogP contribution in [-0.2, 0) is 9.31 Å². The largest absolute Gasteiger partial charge is 0.495 e. The molecule has 5 heteroatoms. The van der Waals surface area contributed by atoms with Gasteiger partial charge < -0.3 is 14.6 Å². The van der Waals surface area contributed by atoms with Crippen LogP contribution in [0, 0.1) is 0 Å². The molecule has 33 heavy (non-hydrogen) atoms. The fraction of sp³-hybridized carbons (Fsp3) is 0.214. The molecule has 1 aliphatic rings. The highest BCUT2D eigenvalue weighted by molar-refractivity contribution is 6.65. The van der Waals surface area contributed by atoms with Crippen LogP contribution in [0.3, 0.4) is 0 Å². The zero-order valence-corrected chi connectivity index (χ0v) is 20.0. The number of rotatable bonds is 3. The minimum absolute atomic E-state index is 0.381. The molecule has 0 amide bonds. The van der Waals surface area contributed by atoms with Gasteiger partial charge >= 0.3 is 7.12 Å². The van der Waals surface area contributed by atoms with E-state index in [1.807, 2.05) is 24.3 Å². The summed E-state index contributed by atoms with van der Waals surface area (Å²) in [5.74, 6) is 0. The minimum Gasteiger partial charge on any atom is -0.399 e. The molecule has 5 aromatic carbocycles. The molecular weight excluding hydrogens is 429 g/mol. The van der Waals surface area contributed by atoms with Crippen molar-refractivity contribution in [3.63, 3.8) is 0 Å². The molecule has 0 spiro atoms. The van der Waals surface area contributed by atoms with Gasteiger partial charge in [-0.25, -0.2) is 0 Å². The third-order valence-corrected chi connectivity index (χ3v) is 7.68. The summed E-state index contributed by atoms with van der Waals surface area (Å²) in [6.07, 6.45) is 0. The van der Waals surface area contributed by atoms with Gasteiger partial charge in [0.2, 0.25) is 0 Å². The first-order valence-electron chi connectivity index (χ1n) is 11.3. The smallest absolute Gasteiger partial charge is 0.399 e. The van der Waals surface area contributed by atoms with Crippen molar-refractivity contribution in [2.24, 2.45) is 0 Å². The van der Waals surface area contributed by atoms with Crippen molar-refractivity contribution >= 4 is 67.9 Å². The SMILES string of the molecule is CC1(C)OB(c2ccc3ccc4c(Nc5ccccc5Cl)ccc5ccc2c3c54)OC1(C)C. The summed E-state index contributed by atoms with van der Waals surface area (Å²) in [6.45, 7) is 8.37. The standard InChI is InChI=1S/C28H25BClNO2/c1-27(2)28(3,4)33-29(32-27)21-15-11-17-10-14-20-23(31-24-8-6-5-7-22(24)30)16-12-18-9-13-19(21)25(17)26(18)20/h5-16,31H,1-4H3. The second kappa shape index (κ2) is 7.10. The van der Waals surface area contributed by atoms with Crippen LogP contribution in [0.1, 0.15) is 27.7 Å². The molecule has 0 atom stereocenters. The predicted molar refractivity (Wildman–Crippen MR) is 141 cm³/mol. The first-order chi connectivity index (χ1) is 15.7. The number of halogens is 1. The van der Waals surface area contributed by atoms with Gasteiger partial charge in [0.25, 0.3) is 0 Å². The van der Waals surface area contributed by atoms with E-state index in [1.54, 1.807) is 0 Å². The number of hydrogen-bond donors (Lipinski definition) is 1. The summed E-state index contributed by atoms with van der Waals surface area (Å²) in [5, 5.41) is 11.5. The summed E-state index contributed by atoms with van der Waals surface area (Å²) in [5.41, 5.74) is 2.24. The number of benzene rings is 5. The highest BCUT2D eigenvalue weighted by atomic mass is 35.5. The van der Waals surface area contributed by atoms with Gasteiger partial charge in [-0.1, -0.05) is 66.2 Å². The quantitative estimate of drug-likeness (QED) is 0.230. The lowest BCUT2D eigenvalue weighted by Gasteiger charge is -2.32. The Balaban J connectivity index is 1.56. The van der Waals surface area contributed by atoms with Crippen molar-refractivity contribution in [2.75, 3.05) is 5.32 Å². The molecule has 0 bridgehead atoms. The third-order valence-electron chi connectivity index (χ3n) is 7.35. The lowest BCUT2D eigenvalue weighted by atomic mass is 9.74. The maximum Gasteiger partial charge on any atom is 0.495 e. The van der Waals surface area contributed by atoms with Crippen LogP contribution < -0.4 is 10.8 Å². The molecule has 1 aliphatic heterocycles. The van der Waals surface area contributed by atoms with Crippen LogP contribution in [0.15, 0.2) is 72.8 Å². The summed E-state index contributed by atoms with van der Waals surface area (Å²) in [6, 6.07) is 25.2. The normalized spacial score (nSPS) is 17.4. The van der Waals surface area contributed by atoms with Gasteiger partial charge in [-0.05, 0) is 78.3 Å². The topological polar surface area (TPSA) is 30.5 Å². The molecule has 1 N–H and O–H groups in total. The Bertz CT molecular complexity index is 1510. The first kappa shape index (κ1) is 20.8. The van der Waals surface area contributed by atoms with Crippen LogP contribution in [0.4, 0.5) is 11.4 Å². The molecule has 0 radical (unpaired) electrons. The van der Waals surface area contributed by atoms with Crippen LogP contribution in [0.2, 0.25) is 5.02 Å². The van der Waals surface area contributed by atoms with E-state index in [2.05, 4.69) is 81.5 Å². The molecule has 1 fully saturated rings. The fourth-order valence-corrected chi connectivity index (χ4v) is 5.00. The van der Waals surface area contributed by atoms with Gasteiger partial charge in [0.05, 0.1) is 21.9 Å². The summed E-state index contributed by atoms with van der Waals surface area (Å²) >= 11 is 6.43. The zero-order chi connectivity index (χ0) is 23.0. The number of para-hydroxylation sites is 1. The Morgan fingerprint density at radius 3 is 1.94 bits per heavy atom. The highest BCUT2D eigenvalue weighted by Gasteiger charge is 2.52. The molecule has 0 aromatic heterocycles. The van der Waals surface area contributed by atoms with Crippen molar-refractivity contribution in [1.29, 1.82) is 0 Å². The van der Waals surface area contributed by atoms with Crippen LogP contribution in [-0.4, -0.2) is 18.3 Å². The lowest BCUT2D eigenvalue weighted by molar-refractivity contribution is 0.00578. The molecule has 1 heterocycles. The van der Waals surface area contributed by atoms with Gasteiger partial charge in [0.1, 0.15) is 0 Å². The van der Waals surface area contributed by atoms with E-state index in [1.165, 1.54) is 26.9 Å². The van der Waals surface area contributed by atoms with Gasteiger partial charge in [-0.3, -0.25) is 0 Å². The molecule has 0 aliphatic carbocycles. The monoisotopic (exact) mass is 453 g/mol. The van der Waals surface area contributed by atoms with Crippen LogP contribution >= 0.6 is 11.6 Å². The molecule has 5 aromatic rings. The van der Waals surface area contributed by atoms with E-state index >= 15 is 0 Å². The molecule has 164 valence electrons. The molecular formula is C28H25BClNO2. The molecule has 0 unspecified atom stereocenters. The number of nitrogens with one attached hydrogen (secondary N) is 1. The zero-order valence-electron chi connectivity index (χ0n) is 19.2. The van der Waals surface area contributed by atoms with E-state index < -0.39 is 7.12 Å². The maximum absolute atomic E-state index is 6.43. The van der Waals surface area contributed by atoms with E-state index in [0.717, 1.165) is 22.2 Å². The van der Waals surface area contributed by atoms with Gasteiger partial charge in [-0.2, -0.15) is 0 Å². The third kappa shape index (κ3) is 3.12. The van der Waals surface area contributed by atoms with Gasteiger partial charge in [-0.15, -0.1) is 0 Å². The van der Waals surface area contributed by atoms with E-state index in [4.69, 9.17) is 20.9 Å². The fourth-order valence-electron chi connectivity index (χ4n) is 4.82. The van der Waals surface area contributed by atoms with Gasteiger partial charge in [0.15, 0.2) is 0 Å². The van der Waals surface area contributed by atoms with Crippen molar-refractivity contribution < 1.29 is 9.31 Å². The van der Waals surface area contributed by atoms with Crippen molar-refractivity contribution in [3.8, 4) is 0 Å². The summed E-state index contributed by atoms with van der Waals surface area (Å²) < 4.78 is 12.8. The second-order valence-corrected chi connectivity index (χ2v) is 10.3. The predicted octanol–water partition coefficient (Wildman–Crippen LogP) is 7.28. The van der Waals surface area contributed by atoms with Crippen molar-refractivity contribution in [2.45, 2.75) is 38.9 Å². The van der Waals surface area contributed by atoms with Gasteiger partial charge in [0, 0.05) is 11.1 Å². The number of hydrogen-bond acceptors (Lipinski definition) is 3. The molecule has 3 nitrogen and oxygen atoms in total. The average Bonchev–Trinajstić information content (AvgIpc) is 3.01.